The van der Waals surface area contributed by atoms with E-state index in [0.717, 1.165) is 0 Å². The number of nitrogens with zero attached hydrogens (tertiary/aromatic N) is 1. The second-order valence-electron chi connectivity index (χ2n) is 5.86. The van der Waals surface area contributed by atoms with Crippen LogP contribution in [0.15, 0.2) is 24.4 Å². The van der Waals surface area contributed by atoms with Gasteiger partial charge in [0.05, 0.1) is 25.4 Å². The van der Waals surface area contributed by atoms with Crippen LogP contribution in [0.1, 0.15) is 16.8 Å². The Hall–Kier alpha value is -2.90. The van der Waals surface area contributed by atoms with E-state index in [1.54, 1.807) is 18.2 Å². The Balaban J connectivity index is 1.89. The minimum absolute atomic E-state index is 0.103. The molecule has 8 heteroatoms. The molecular weight excluding hydrogens is 329 g/mol. The molecule has 1 aliphatic heterocycles. The normalized spacial score (nSPS) is 19.7. The van der Waals surface area contributed by atoms with Crippen LogP contribution >= 0.6 is 0 Å². The van der Waals surface area contributed by atoms with Gasteiger partial charge >= 0.3 is 0 Å². The predicted octanol–water partition coefficient (Wildman–Crippen LogP) is 1.20. The number of fused-ring (bicyclic) bond motifs is 1. The number of benzene rings is 1. The molecule has 7 nitrogen and oxygen atoms in total. The molecular formula is C17H18FN3O4. The molecule has 0 spiro atoms. The van der Waals surface area contributed by atoms with Crippen molar-refractivity contribution in [2.24, 2.45) is 11.7 Å². The monoisotopic (exact) mass is 347 g/mol. The Morgan fingerprint density at radius 3 is 2.96 bits per heavy atom. The van der Waals surface area contributed by atoms with Crippen molar-refractivity contribution in [3.05, 3.63) is 30.0 Å². The van der Waals surface area contributed by atoms with E-state index in [1.165, 1.54) is 13.3 Å². The van der Waals surface area contributed by atoms with E-state index in [0.29, 0.717) is 22.4 Å². The van der Waals surface area contributed by atoms with Gasteiger partial charge in [-0.25, -0.2) is 4.98 Å². The van der Waals surface area contributed by atoms with Crippen molar-refractivity contribution in [2.75, 3.05) is 20.4 Å². The number of aromatic nitrogens is 1. The molecule has 132 valence electrons. The van der Waals surface area contributed by atoms with Crippen LogP contribution in [0.25, 0.3) is 10.8 Å². The molecule has 0 bridgehead atoms. The lowest BCUT2D eigenvalue weighted by atomic mass is 10.0. The number of rotatable bonds is 6. The standard InChI is InChI=1S/C17H18FN3O4/c1-24-14-6-11-9(4-12(14)16(19)23)2-3-20-17(11)25-8-13-10(7-18)5-15(22)21-13/h2-4,6,10,13H,5,7-8H2,1H3,(H2,19,23)(H,21,22)/t10-,13-/m1/s1. The van der Waals surface area contributed by atoms with Gasteiger partial charge in [-0.1, -0.05) is 0 Å². The molecule has 2 heterocycles. The van der Waals surface area contributed by atoms with Crippen LogP contribution < -0.4 is 20.5 Å². The fraction of sp³-hybridized carbons (Fsp3) is 0.353. The molecule has 1 saturated heterocycles. The summed E-state index contributed by atoms with van der Waals surface area (Å²) in [5, 5.41) is 4.04. The minimum Gasteiger partial charge on any atom is -0.496 e. The van der Waals surface area contributed by atoms with Crippen molar-refractivity contribution in [1.82, 2.24) is 10.3 Å². The maximum absolute atomic E-state index is 13.0. The summed E-state index contributed by atoms with van der Waals surface area (Å²) in [5.41, 5.74) is 5.62. The first-order valence-electron chi connectivity index (χ1n) is 7.78. The number of hydrogen-bond donors (Lipinski definition) is 2. The lowest BCUT2D eigenvalue weighted by Crippen LogP contribution is -2.35. The molecule has 2 aromatic rings. The third-order valence-corrected chi connectivity index (χ3v) is 4.27. The van der Waals surface area contributed by atoms with Crippen molar-refractivity contribution < 1.29 is 23.5 Å². The largest absolute Gasteiger partial charge is 0.496 e. The third kappa shape index (κ3) is 3.33. The Bertz CT molecular complexity index is 827. The second-order valence-corrected chi connectivity index (χ2v) is 5.86. The van der Waals surface area contributed by atoms with E-state index in [-0.39, 0.29) is 24.5 Å². The molecule has 1 aliphatic rings. The van der Waals surface area contributed by atoms with Crippen molar-refractivity contribution in [3.63, 3.8) is 0 Å². The molecule has 3 N–H and O–H groups in total. The molecule has 2 amide bonds. The Morgan fingerprint density at radius 2 is 2.28 bits per heavy atom. The van der Waals surface area contributed by atoms with Gasteiger partial charge in [-0.2, -0.15) is 0 Å². The molecule has 0 saturated carbocycles. The SMILES string of the molecule is COc1cc2c(OC[C@H]3NC(=O)C[C@@H]3CF)nccc2cc1C(N)=O. The number of carbonyl (C=O) groups excluding carboxylic acids is 2. The van der Waals surface area contributed by atoms with Crippen molar-refractivity contribution in [3.8, 4) is 11.6 Å². The van der Waals surface area contributed by atoms with Crippen molar-refractivity contribution >= 4 is 22.6 Å². The second kappa shape index (κ2) is 6.92. The van der Waals surface area contributed by atoms with Crippen LogP contribution in [0.3, 0.4) is 0 Å². The molecule has 0 unspecified atom stereocenters. The highest BCUT2D eigenvalue weighted by Gasteiger charge is 2.33. The maximum Gasteiger partial charge on any atom is 0.252 e. The number of methoxy groups -OCH3 is 1. The van der Waals surface area contributed by atoms with Crippen LogP contribution in [-0.2, 0) is 4.79 Å². The van der Waals surface area contributed by atoms with E-state index < -0.39 is 24.5 Å². The fourth-order valence-corrected chi connectivity index (χ4v) is 2.92. The number of primary amides is 1. The Morgan fingerprint density at radius 1 is 1.48 bits per heavy atom. The smallest absolute Gasteiger partial charge is 0.252 e. The summed E-state index contributed by atoms with van der Waals surface area (Å²) in [6, 6.07) is 4.54. The molecule has 0 aliphatic carbocycles. The van der Waals surface area contributed by atoms with E-state index in [4.69, 9.17) is 15.2 Å². The molecule has 1 aromatic carbocycles. The van der Waals surface area contributed by atoms with Gasteiger partial charge in [-0.3, -0.25) is 14.0 Å². The molecule has 1 fully saturated rings. The summed E-state index contributed by atoms with van der Waals surface area (Å²) in [5.74, 6) is -0.565. The zero-order chi connectivity index (χ0) is 18.0. The number of hydrogen-bond acceptors (Lipinski definition) is 5. The van der Waals surface area contributed by atoms with Gasteiger partial charge in [0, 0.05) is 23.9 Å². The highest BCUT2D eigenvalue weighted by molar-refractivity contribution is 6.01. The van der Waals surface area contributed by atoms with Crippen LogP contribution in [0.4, 0.5) is 4.39 Å². The van der Waals surface area contributed by atoms with Gasteiger partial charge in [0.15, 0.2) is 0 Å². The summed E-state index contributed by atoms with van der Waals surface area (Å²) in [4.78, 5) is 27.1. The highest BCUT2D eigenvalue weighted by Crippen LogP contribution is 2.31. The van der Waals surface area contributed by atoms with E-state index in [2.05, 4.69) is 10.3 Å². The lowest BCUT2D eigenvalue weighted by Gasteiger charge is -2.17. The summed E-state index contributed by atoms with van der Waals surface area (Å²) in [6.07, 6.45) is 1.69. The number of pyridine rings is 1. The van der Waals surface area contributed by atoms with Gasteiger partial charge in [0.25, 0.3) is 5.91 Å². The first-order chi connectivity index (χ1) is 12.0. The molecule has 3 rings (SSSR count). The van der Waals surface area contributed by atoms with Crippen LogP contribution in [0.5, 0.6) is 11.6 Å². The van der Waals surface area contributed by atoms with Gasteiger partial charge < -0.3 is 20.5 Å². The highest BCUT2D eigenvalue weighted by atomic mass is 19.1. The molecule has 0 radical (unpaired) electrons. The minimum atomic E-state index is -0.600. The van der Waals surface area contributed by atoms with Gasteiger partial charge in [-0.15, -0.1) is 0 Å². The Kier molecular flexibility index (Phi) is 4.69. The maximum atomic E-state index is 13.0. The Labute approximate surface area is 143 Å². The molecule has 25 heavy (non-hydrogen) atoms. The summed E-state index contributed by atoms with van der Waals surface area (Å²) in [7, 11) is 1.43. The fourth-order valence-electron chi connectivity index (χ4n) is 2.92. The van der Waals surface area contributed by atoms with Crippen molar-refractivity contribution in [2.45, 2.75) is 12.5 Å². The zero-order valence-electron chi connectivity index (χ0n) is 13.6. The summed E-state index contributed by atoms with van der Waals surface area (Å²) >= 11 is 0. The number of amides is 2. The van der Waals surface area contributed by atoms with Crippen LogP contribution in [-0.4, -0.2) is 43.2 Å². The van der Waals surface area contributed by atoms with E-state index >= 15 is 0 Å². The quantitative estimate of drug-likeness (QED) is 0.817. The molecule has 1 aromatic heterocycles. The lowest BCUT2D eigenvalue weighted by molar-refractivity contribution is -0.119. The topological polar surface area (TPSA) is 104 Å². The predicted molar refractivity (Wildman–Crippen MR) is 88.3 cm³/mol. The average molecular weight is 347 g/mol. The first kappa shape index (κ1) is 16.9. The molecule has 2 atom stereocenters. The third-order valence-electron chi connectivity index (χ3n) is 4.27. The van der Waals surface area contributed by atoms with Gasteiger partial charge in [-0.05, 0) is 23.6 Å². The number of ether oxygens (including phenoxy) is 2. The number of carbonyl (C=O) groups is 2. The average Bonchev–Trinajstić information content (AvgIpc) is 2.98. The van der Waals surface area contributed by atoms with Crippen LogP contribution in [0, 0.1) is 5.92 Å². The zero-order valence-corrected chi connectivity index (χ0v) is 13.6. The van der Waals surface area contributed by atoms with Gasteiger partial charge in [0.2, 0.25) is 11.8 Å². The van der Waals surface area contributed by atoms with E-state index in [1.807, 2.05) is 0 Å². The number of nitrogens with one attached hydrogen (secondary N) is 1. The summed E-state index contributed by atoms with van der Waals surface area (Å²) < 4.78 is 23.9. The number of alkyl halides is 1. The summed E-state index contributed by atoms with van der Waals surface area (Å²) in [6.45, 7) is -0.488. The number of halogens is 1. The van der Waals surface area contributed by atoms with Crippen molar-refractivity contribution in [1.29, 1.82) is 0 Å². The van der Waals surface area contributed by atoms with Gasteiger partial charge in [0.1, 0.15) is 12.4 Å². The van der Waals surface area contributed by atoms with E-state index in [9.17, 15) is 14.0 Å². The first-order valence-corrected chi connectivity index (χ1v) is 7.78. The number of nitrogens with two attached hydrogens (primary N) is 1. The van der Waals surface area contributed by atoms with Crippen LogP contribution in [0.2, 0.25) is 0 Å².